The van der Waals surface area contributed by atoms with Gasteiger partial charge in [0, 0.05) is 44.6 Å². The van der Waals surface area contributed by atoms with Crippen LogP contribution in [0, 0.1) is 0 Å². The van der Waals surface area contributed by atoms with Gasteiger partial charge in [0.1, 0.15) is 5.69 Å². The van der Waals surface area contributed by atoms with Gasteiger partial charge in [-0.2, -0.15) is 0 Å². The van der Waals surface area contributed by atoms with E-state index in [9.17, 15) is 4.79 Å². The van der Waals surface area contributed by atoms with Gasteiger partial charge in [0.25, 0.3) is 5.91 Å². The number of anilines is 2. The first kappa shape index (κ1) is 17.1. The first-order valence-electron chi connectivity index (χ1n) is 8.71. The van der Waals surface area contributed by atoms with E-state index in [1.165, 1.54) is 0 Å². The van der Waals surface area contributed by atoms with Crippen LogP contribution in [-0.2, 0) is 0 Å². The predicted octanol–water partition coefficient (Wildman–Crippen LogP) is 1.73. The number of hydrogen-bond acceptors (Lipinski definition) is 6. The van der Waals surface area contributed by atoms with Gasteiger partial charge in [0.2, 0.25) is 5.95 Å². The van der Waals surface area contributed by atoms with Crippen molar-refractivity contribution >= 4 is 17.5 Å². The predicted molar refractivity (Wildman–Crippen MR) is 97.9 cm³/mol. The highest BCUT2D eigenvalue weighted by molar-refractivity contribution is 5.92. The van der Waals surface area contributed by atoms with E-state index in [2.05, 4.69) is 30.1 Å². The van der Waals surface area contributed by atoms with E-state index in [4.69, 9.17) is 0 Å². The molecule has 3 rings (SSSR count). The summed E-state index contributed by atoms with van der Waals surface area (Å²) < 4.78 is 0. The van der Waals surface area contributed by atoms with Crippen LogP contribution >= 0.6 is 0 Å². The van der Waals surface area contributed by atoms with E-state index in [0.29, 0.717) is 5.69 Å². The average molecular weight is 340 g/mol. The first-order valence-corrected chi connectivity index (χ1v) is 8.71. The van der Waals surface area contributed by atoms with Crippen molar-refractivity contribution in [2.45, 2.75) is 26.3 Å². The van der Waals surface area contributed by atoms with Gasteiger partial charge < -0.3 is 15.1 Å². The lowest BCUT2D eigenvalue weighted by atomic mass is 10.2. The molecule has 0 spiro atoms. The van der Waals surface area contributed by atoms with Crippen molar-refractivity contribution in [1.82, 2.24) is 20.3 Å². The van der Waals surface area contributed by atoms with Crippen molar-refractivity contribution < 1.29 is 4.79 Å². The van der Waals surface area contributed by atoms with E-state index < -0.39 is 0 Å². The maximum absolute atomic E-state index is 12.1. The van der Waals surface area contributed by atoms with E-state index in [1.807, 2.05) is 26.0 Å². The Morgan fingerprint density at radius 3 is 2.40 bits per heavy atom. The van der Waals surface area contributed by atoms with Crippen LogP contribution in [0.1, 0.15) is 30.8 Å². The summed E-state index contributed by atoms with van der Waals surface area (Å²) in [5.74, 6) is 0.657. The summed E-state index contributed by atoms with van der Waals surface area (Å²) in [6, 6.07) is 5.74. The quantitative estimate of drug-likeness (QED) is 0.893. The maximum atomic E-state index is 12.1. The van der Waals surface area contributed by atoms with Crippen LogP contribution in [0.15, 0.2) is 36.8 Å². The molecule has 1 aliphatic rings. The second kappa shape index (κ2) is 7.92. The molecule has 0 aromatic carbocycles. The number of pyridine rings is 1. The van der Waals surface area contributed by atoms with Gasteiger partial charge in [-0.3, -0.25) is 4.79 Å². The van der Waals surface area contributed by atoms with Gasteiger partial charge in [-0.05, 0) is 31.5 Å². The average Bonchev–Trinajstić information content (AvgIpc) is 2.69. The van der Waals surface area contributed by atoms with Crippen molar-refractivity contribution in [3.8, 4) is 0 Å². The van der Waals surface area contributed by atoms with Gasteiger partial charge in [-0.1, -0.05) is 6.92 Å². The van der Waals surface area contributed by atoms with Crippen molar-refractivity contribution in [2.24, 2.45) is 0 Å². The molecule has 7 nitrogen and oxygen atoms in total. The zero-order chi connectivity index (χ0) is 17.6. The molecule has 3 heterocycles. The zero-order valence-electron chi connectivity index (χ0n) is 14.7. The molecule has 0 bridgehead atoms. The highest BCUT2D eigenvalue weighted by Gasteiger charge is 2.19. The molecule has 0 aliphatic carbocycles. The zero-order valence-corrected chi connectivity index (χ0v) is 14.7. The van der Waals surface area contributed by atoms with Gasteiger partial charge in [0.15, 0.2) is 0 Å². The van der Waals surface area contributed by atoms with E-state index in [1.54, 1.807) is 24.7 Å². The fourth-order valence-corrected chi connectivity index (χ4v) is 2.73. The molecule has 1 atom stereocenters. The minimum Gasteiger partial charge on any atom is -0.367 e. The summed E-state index contributed by atoms with van der Waals surface area (Å²) >= 11 is 0. The number of aromatic nitrogens is 3. The molecule has 1 aliphatic heterocycles. The molecule has 2 aromatic heterocycles. The SMILES string of the molecule is CCC(C)NC(=O)c1ccc(N2CCN(c3ncccn3)CC2)cn1. The minimum atomic E-state index is -0.119. The van der Waals surface area contributed by atoms with Crippen LogP contribution < -0.4 is 15.1 Å². The van der Waals surface area contributed by atoms with Gasteiger partial charge in [-0.15, -0.1) is 0 Å². The third-order valence-corrected chi connectivity index (χ3v) is 4.45. The number of piperazine rings is 1. The molecule has 1 unspecified atom stereocenters. The Bertz CT molecular complexity index is 682. The topological polar surface area (TPSA) is 74.2 Å². The maximum Gasteiger partial charge on any atom is 0.270 e. The third kappa shape index (κ3) is 4.23. The van der Waals surface area contributed by atoms with Gasteiger partial charge >= 0.3 is 0 Å². The molecular weight excluding hydrogens is 316 g/mol. The van der Waals surface area contributed by atoms with Gasteiger partial charge in [0.05, 0.1) is 11.9 Å². The Morgan fingerprint density at radius 2 is 1.80 bits per heavy atom. The Morgan fingerprint density at radius 1 is 1.12 bits per heavy atom. The molecule has 7 heteroatoms. The Labute approximate surface area is 148 Å². The summed E-state index contributed by atoms with van der Waals surface area (Å²) in [5, 5.41) is 2.93. The van der Waals surface area contributed by atoms with Crippen molar-refractivity contribution in [3.05, 3.63) is 42.5 Å². The van der Waals surface area contributed by atoms with Crippen LogP contribution in [0.4, 0.5) is 11.6 Å². The number of carbonyl (C=O) groups is 1. The van der Waals surface area contributed by atoms with Crippen LogP contribution in [0.5, 0.6) is 0 Å². The smallest absolute Gasteiger partial charge is 0.270 e. The van der Waals surface area contributed by atoms with Crippen LogP contribution in [-0.4, -0.2) is 53.1 Å². The highest BCUT2D eigenvalue weighted by atomic mass is 16.1. The van der Waals surface area contributed by atoms with Gasteiger partial charge in [-0.25, -0.2) is 15.0 Å². The largest absolute Gasteiger partial charge is 0.367 e. The first-order chi connectivity index (χ1) is 12.2. The third-order valence-electron chi connectivity index (χ3n) is 4.45. The lowest BCUT2D eigenvalue weighted by Crippen LogP contribution is -2.47. The van der Waals surface area contributed by atoms with Crippen molar-refractivity contribution in [1.29, 1.82) is 0 Å². The molecule has 132 valence electrons. The Balaban J connectivity index is 1.58. The normalized spacial score (nSPS) is 15.8. The molecule has 1 N–H and O–H groups in total. The van der Waals surface area contributed by atoms with Crippen molar-refractivity contribution in [2.75, 3.05) is 36.0 Å². The van der Waals surface area contributed by atoms with Crippen molar-refractivity contribution in [3.63, 3.8) is 0 Å². The summed E-state index contributed by atoms with van der Waals surface area (Å²) in [4.78, 5) is 29.5. The molecule has 1 fully saturated rings. The fourth-order valence-electron chi connectivity index (χ4n) is 2.73. The number of amides is 1. The van der Waals surface area contributed by atoms with E-state index >= 15 is 0 Å². The summed E-state index contributed by atoms with van der Waals surface area (Å²) in [6.07, 6.45) is 6.21. The van der Waals surface area contributed by atoms with Crippen LogP contribution in [0.2, 0.25) is 0 Å². The molecule has 2 aromatic rings. The molecule has 1 saturated heterocycles. The number of rotatable bonds is 5. The second-order valence-electron chi connectivity index (χ2n) is 6.21. The second-order valence-corrected chi connectivity index (χ2v) is 6.21. The van der Waals surface area contributed by atoms with Crippen LogP contribution in [0.3, 0.4) is 0 Å². The molecule has 1 amide bonds. The molecular formula is C18H24N6O. The number of hydrogen-bond donors (Lipinski definition) is 1. The minimum absolute atomic E-state index is 0.119. The van der Waals surface area contributed by atoms with E-state index in [-0.39, 0.29) is 11.9 Å². The fraction of sp³-hybridized carbons (Fsp3) is 0.444. The lowest BCUT2D eigenvalue weighted by Gasteiger charge is -2.35. The summed E-state index contributed by atoms with van der Waals surface area (Å²) in [5.41, 5.74) is 1.49. The number of carbonyl (C=O) groups excluding carboxylic acids is 1. The number of nitrogens with one attached hydrogen (secondary N) is 1. The van der Waals surface area contributed by atoms with E-state index in [0.717, 1.165) is 44.2 Å². The number of nitrogens with zero attached hydrogens (tertiary/aromatic N) is 5. The Hall–Kier alpha value is -2.70. The summed E-state index contributed by atoms with van der Waals surface area (Å²) in [6.45, 7) is 7.50. The summed E-state index contributed by atoms with van der Waals surface area (Å²) in [7, 11) is 0. The molecule has 0 saturated carbocycles. The Kier molecular flexibility index (Phi) is 5.42. The molecule has 25 heavy (non-hydrogen) atoms. The standard InChI is InChI=1S/C18H24N6O/c1-3-14(2)22-17(25)16-6-5-15(13-21-16)23-9-11-24(12-10-23)18-19-7-4-8-20-18/h4-8,13-14H,3,9-12H2,1-2H3,(H,22,25). The lowest BCUT2D eigenvalue weighted by molar-refractivity contribution is 0.0934. The molecule has 0 radical (unpaired) electrons. The highest BCUT2D eigenvalue weighted by Crippen LogP contribution is 2.17. The van der Waals surface area contributed by atoms with Crippen LogP contribution in [0.25, 0.3) is 0 Å². The monoisotopic (exact) mass is 340 g/mol.